The van der Waals surface area contributed by atoms with E-state index < -0.39 is 54.3 Å². The van der Waals surface area contributed by atoms with Gasteiger partial charge in [0.25, 0.3) is 0 Å². The summed E-state index contributed by atoms with van der Waals surface area (Å²) in [5.74, 6) is -1.69. The lowest BCUT2D eigenvalue weighted by molar-refractivity contribution is -0.223. The molecule has 0 aromatic heterocycles. The van der Waals surface area contributed by atoms with Crippen LogP contribution in [0.1, 0.15) is 39.7 Å². The summed E-state index contributed by atoms with van der Waals surface area (Å²) in [6.07, 6.45) is -2.56. The Balaban J connectivity index is 1.81. The van der Waals surface area contributed by atoms with Gasteiger partial charge in [-0.3, -0.25) is 9.59 Å². The fraction of sp³-hybridized carbons (Fsp3) is 0.636. The predicted octanol–water partition coefficient (Wildman–Crippen LogP) is 1.23. The largest absolute Gasteiger partial charge is 0.466 e. The van der Waals surface area contributed by atoms with Gasteiger partial charge in [-0.1, -0.05) is 30.3 Å². The number of fused-ring (bicyclic) bond motifs is 1. The van der Waals surface area contributed by atoms with Gasteiger partial charge in [0.1, 0.15) is 18.3 Å². The second-order valence-electron chi connectivity index (χ2n) is 8.24. The number of nitrogens with one attached hydrogen (secondary N) is 1. The Morgan fingerprint density at radius 3 is 2.58 bits per heavy atom. The molecule has 1 aromatic rings. The molecule has 2 aliphatic heterocycles. The minimum absolute atomic E-state index is 0.0923. The average molecular weight is 437 g/mol. The fourth-order valence-corrected chi connectivity index (χ4v) is 3.75. The Hall–Kier alpha value is -2.04. The molecule has 0 bridgehead atoms. The number of carbonyl (C=O) groups excluding carboxylic acids is 2. The third-order valence-corrected chi connectivity index (χ3v) is 5.14. The molecule has 31 heavy (non-hydrogen) atoms. The van der Waals surface area contributed by atoms with E-state index >= 15 is 0 Å². The van der Waals surface area contributed by atoms with E-state index in [1.165, 1.54) is 0 Å². The summed E-state index contributed by atoms with van der Waals surface area (Å²) < 4.78 is 29.3. The number of esters is 1. The van der Waals surface area contributed by atoms with Crippen LogP contribution in [0.4, 0.5) is 0 Å². The van der Waals surface area contributed by atoms with Crippen molar-refractivity contribution < 1.29 is 33.3 Å². The molecule has 172 valence electrons. The predicted molar refractivity (Wildman–Crippen MR) is 111 cm³/mol. The van der Waals surface area contributed by atoms with E-state index in [4.69, 9.17) is 29.4 Å². The van der Waals surface area contributed by atoms with Gasteiger partial charge in [-0.2, -0.15) is 0 Å². The number of carbonyl (C=O) groups is 2. The van der Waals surface area contributed by atoms with E-state index in [1.807, 2.05) is 30.3 Å². The monoisotopic (exact) mass is 436 g/mol. The van der Waals surface area contributed by atoms with Crippen LogP contribution < -0.4 is 11.1 Å². The molecular weight excluding hydrogens is 404 g/mol. The number of hydrogen-bond acceptors (Lipinski definition) is 8. The molecule has 3 N–H and O–H groups in total. The Morgan fingerprint density at radius 1 is 1.23 bits per heavy atom. The van der Waals surface area contributed by atoms with Crippen LogP contribution in [0.25, 0.3) is 0 Å². The standard InChI is InChI=1S/C22H32N2O7/c1-5-27-16(25)11-15(24-20(26)13(2)23)17-18(28-12-14-9-7-6-8-10-14)19-21(29-17)31-22(3,4)30-19/h6-10,13,15,17-19,21H,5,11-12,23H2,1-4H3,(H,24,26)/t13-,15+,17+,18-,19+,21+/m0/s1. The van der Waals surface area contributed by atoms with Crippen molar-refractivity contribution in [2.24, 2.45) is 5.73 Å². The van der Waals surface area contributed by atoms with Gasteiger partial charge in [0.15, 0.2) is 12.1 Å². The number of amides is 1. The average Bonchev–Trinajstić information content (AvgIpc) is 3.18. The first kappa shape index (κ1) is 23.6. The van der Waals surface area contributed by atoms with Gasteiger partial charge in [-0.05, 0) is 33.3 Å². The highest BCUT2D eigenvalue weighted by atomic mass is 16.8. The van der Waals surface area contributed by atoms with Crippen LogP contribution in [0.2, 0.25) is 0 Å². The highest BCUT2D eigenvalue weighted by molar-refractivity contribution is 5.82. The van der Waals surface area contributed by atoms with E-state index in [0.717, 1.165) is 5.56 Å². The van der Waals surface area contributed by atoms with Crippen molar-refractivity contribution in [2.75, 3.05) is 6.61 Å². The summed E-state index contributed by atoms with van der Waals surface area (Å²) in [6.45, 7) is 7.43. The Labute approximate surface area is 182 Å². The summed E-state index contributed by atoms with van der Waals surface area (Å²) in [5.41, 5.74) is 6.70. The van der Waals surface area contributed by atoms with Crippen molar-refractivity contribution >= 4 is 11.9 Å². The number of hydrogen-bond donors (Lipinski definition) is 2. The van der Waals surface area contributed by atoms with Gasteiger partial charge in [-0.25, -0.2) is 0 Å². The van der Waals surface area contributed by atoms with Crippen molar-refractivity contribution in [3.63, 3.8) is 0 Å². The van der Waals surface area contributed by atoms with Gasteiger partial charge in [0, 0.05) is 0 Å². The SMILES string of the molecule is CCOC(=O)C[C@@H](NC(=O)[C@H](C)N)[C@H]1O[C@@H]2OC(C)(C)O[C@@H]2[C@H]1OCc1ccccc1. The van der Waals surface area contributed by atoms with Crippen LogP contribution in [0.15, 0.2) is 30.3 Å². The number of benzene rings is 1. The summed E-state index contributed by atoms with van der Waals surface area (Å²) in [4.78, 5) is 24.6. The minimum atomic E-state index is -0.833. The highest BCUT2D eigenvalue weighted by Gasteiger charge is 2.57. The van der Waals surface area contributed by atoms with Gasteiger partial charge in [-0.15, -0.1) is 0 Å². The van der Waals surface area contributed by atoms with Crippen molar-refractivity contribution in [1.82, 2.24) is 5.32 Å². The summed E-state index contributed by atoms with van der Waals surface area (Å²) in [7, 11) is 0. The van der Waals surface area contributed by atoms with E-state index in [-0.39, 0.29) is 13.0 Å². The van der Waals surface area contributed by atoms with Crippen LogP contribution in [-0.2, 0) is 39.9 Å². The van der Waals surface area contributed by atoms with Crippen molar-refractivity contribution in [3.8, 4) is 0 Å². The minimum Gasteiger partial charge on any atom is -0.466 e. The molecule has 2 aliphatic rings. The highest BCUT2D eigenvalue weighted by Crippen LogP contribution is 2.40. The first-order chi connectivity index (χ1) is 14.7. The first-order valence-corrected chi connectivity index (χ1v) is 10.6. The third kappa shape index (κ3) is 6.02. The zero-order valence-corrected chi connectivity index (χ0v) is 18.4. The molecule has 2 heterocycles. The maximum Gasteiger partial charge on any atom is 0.307 e. The van der Waals surface area contributed by atoms with Gasteiger partial charge in [0.05, 0.1) is 31.7 Å². The lowest BCUT2D eigenvalue weighted by Crippen LogP contribution is -2.54. The van der Waals surface area contributed by atoms with Crippen LogP contribution >= 0.6 is 0 Å². The zero-order chi connectivity index (χ0) is 22.6. The Morgan fingerprint density at radius 2 is 1.94 bits per heavy atom. The third-order valence-electron chi connectivity index (χ3n) is 5.14. The first-order valence-electron chi connectivity index (χ1n) is 10.6. The Kier molecular flexibility index (Phi) is 7.66. The molecule has 0 spiro atoms. The molecular formula is C22H32N2O7. The molecule has 1 aromatic carbocycles. The van der Waals surface area contributed by atoms with E-state index in [2.05, 4.69) is 5.32 Å². The Bertz CT molecular complexity index is 755. The van der Waals surface area contributed by atoms with Crippen molar-refractivity contribution in [1.29, 1.82) is 0 Å². The van der Waals surface area contributed by atoms with Gasteiger partial charge >= 0.3 is 5.97 Å². The maximum atomic E-state index is 12.3. The molecule has 0 aliphatic carbocycles. The molecule has 3 rings (SSSR count). The van der Waals surface area contributed by atoms with Crippen molar-refractivity contribution in [2.45, 2.75) is 83.2 Å². The van der Waals surface area contributed by atoms with E-state index in [1.54, 1.807) is 27.7 Å². The van der Waals surface area contributed by atoms with Crippen LogP contribution in [0.3, 0.4) is 0 Å². The van der Waals surface area contributed by atoms with Crippen LogP contribution in [-0.4, -0.2) is 61.0 Å². The second-order valence-corrected chi connectivity index (χ2v) is 8.24. The quantitative estimate of drug-likeness (QED) is 0.555. The number of nitrogens with two attached hydrogens (primary N) is 1. The van der Waals surface area contributed by atoms with Crippen LogP contribution in [0, 0.1) is 0 Å². The topological polar surface area (TPSA) is 118 Å². The van der Waals surface area contributed by atoms with E-state index in [0.29, 0.717) is 6.61 Å². The molecule has 0 radical (unpaired) electrons. The number of ether oxygens (including phenoxy) is 5. The van der Waals surface area contributed by atoms with Gasteiger partial charge < -0.3 is 34.7 Å². The summed E-state index contributed by atoms with van der Waals surface area (Å²) in [6, 6.07) is 8.21. The summed E-state index contributed by atoms with van der Waals surface area (Å²) in [5, 5.41) is 2.81. The zero-order valence-electron chi connectivity index (χ0n) is 18.4. The molecule has 0 unspecified atom stereocenters. The second kappa shape index (κ2) is 10.1. The lowest BCUT2D eigenvalue weighted by atomic mass is 10.00. The smallest absolute Gasteiger partial charge is 0.307 e. The van der Waals surface area contributed by atoms with E-state index in [9.17, 15) is 9.59 Å². The normalized spacial score (nSPS) is 28.5. The lowest BCUT2D eigenvalue weighted by Gasteiger charge is -2.31. The molecule has 2 fully saturated rings. The van der Waals surface area contributed by atoms with Crippen LogP contribution in [0.5, 0.6) is 0 Å². The molecule has 2 saturated heterocycles. The number of rotatable bonds is 9. The molecule has 6 atom stereocenters. The van der Waals surface area contributed by atoms with Crippen molar-refractivity contribution in [3.05, 3.63) is 35.9 Å². The summed E-state index contributed by atoms with van der Waals surface area (Å²) >= 11 is 0. The van der Waals surface area contributed by atoms with Gasteiger partial charge in [0.2, 0.25) is 5.91 Å². The fourth-order valence-electron chi connectivity index (χ4n) is 3.75. The maximum absolute atomic E-state index is 12.3. The molecule has 9 nitrogen and oxygen atoms in total. The molecule has 1 amide bonds. The molecule has 9 heteroatoms. The molecule has 0 saturated carbocycles.